The van der Waals surface area contributed by atoms with E-state index in [-0.39, 0.29) is 11.3 Å². The van der Waals surface area contributed by atoms with Gasteiger partial charge in [0.25, 0.3) is 0 Å². The van der Waals surface area contributed by atoms with E-state index >= 15 is 0 Å². The van der Waals surface area contributed by atoms with Crippen LogP contribution in [-0.2, 0) is 0 Å². The van der Waals surface area contributed by atoms with Crippen molar-refractivity contribution in [2.24, 2.45) is 0 Å². The van der Waals surface area contributed by atoms with Crippen LogP contribution in [0.1, 0.15) is 15.9 Å². The van der Waals surface area contributed by atoms with Crippen LogP contribution in [0.4, 0.5) is 20.6 Å². The van der Waals surface area contributed by atoms with E-state index in [1.165, 1.54) is 30.3 Å². The first-order valence-corrected chi connectivity index (χ1v) is 6.14. The van der Waals surface area contributed by atoms with Crippen molar-refractivity contribution in [3.63, 3.8) is 0 Å². The summed E-state index contributed by atoms with van der Waals surface area (Å²) in [7, 11) is 0. The molecule has 0 bridgehead atoms. The Morgan fingerprint density at radius 3 is 2.29 bits per heavy atom. The van der Waals surface area contributed by atoms with Crippen LogP contribution < -0.4 is 10.6 Å². The number of urea groups is 1. The summed E-state index contributed by atoms with van der Waals surface area (Å²) in [4.78, 5) is 22.8. The molecule has 2 rings (SSSR count). The second-order valence-corrected chi connectivity index (χ2v) is 4.34. The molecule has 0 spiro atoms. The molecule has 21 heavy (non-hydrogen) atoms. The number of hydrogen-bond acceptors (Lipinski definition) is 2. The van der Waals surface area contributed by atoms with Gasteiger partial charge in [0.2, 0.25) is 0 Å². The molecule has 0 radical (unpaired) electrons. The van der Waals surface area contributed by atoms with E-state index in [1.54, 1.807) is 19.1 Å². The smallest absolute Gasteiger partial charge is 0.336 e. The number of halogens is 1. The molecule has 0 fully saturated rings. The monoisotopic (exact) mass is 288 g/mol. The van der Waals surface area contributed by atoms with Crippen molar-refractivity contribution in [1.29, 1.82) is 0 Å². The summed E-state index contributed by atoms with van der Waals surface area (Å²) < 4.78 is 13.4. The lowest BCUT2D eigenvalue weighted by Crippen LogP contribution is -2.21. The molecule has 5 nitrogen and oxygen atoms in total. The fraction of sp³-hybridized carbons (Fsp3) is 0.0667. The molecule has 2 amide bonds. The Kier molecular flexibility index (Phi) is 4.18. The molecule has 0 unspecified atom stereocenters. The quantitative estimate of drug-likeness (QED) is 0.809. The molecule has 0 saturated heterocycles. The Bertz CT molecular complexity index is 701. The lowest BCUT2D eigenvalue weighted by Gasteiger charge is -2.11. The van der Waals surface area contributed by atoms with Crippen molar-refractivity contribution < 1.29 is 19.1 Å². The summed E-state index contributed by atoms with van der Waals surface area (Å²) >= 11 is 0. The average molecular weight is 288 g/mol. The molecule has 2 aromatic rings. The van der Waals surface area contributed by atoms with Crippen molar-refractivity contribution in [3.8, 4) is 0 Å². The summed E-state index contributed by atoms with van der Waals surface area (Å²) in [5.74, 6) is -1.63. The highest BCUT2D eigenvalue weighted by Crippen LogP contribution is 2.20. The summed E-state index contributed by atoms with van der Waals surface area (Å²) in [6.07, 6.45) is 0. The van der Waals surface area contributed by atoms with Gasteiger partial charge in [-0.05, 0) is 36.8 Å². The number of carboxylic acids is 1. The highest BCUT2D eigenvalue weighted by Gasteiger charge is 2.12. The van der Waals surface area contributed by atoms with Gasteiger partial charge in [-0.1, -0.05) is 18.2 Å². The maximum atomic E-state index is 13.4. The molecule has 0 atom stereocenters. The number of carbonyl (C=O) groups excluding carboxylic acids is 1. The van der Waals surface area contributed by atoms with E-state index in [4.69, 9.17) is 5.11 Å². The first-order valence-electron chi connectivity index (χ1n) is 6.14. The van der Waals surface area contributed by atoms with Crippen LogP contribution in [0.15, 0.2) is 42.5 Å². The van der Waals surface area contributed by atoms with Gasteiger partial charge in [-0.25, -0.2) is 14.0 Å². The third-order valence-electron chi connectivity index (χ3n) is 2.93. The summed E-state index contributed by atoms with van der Waals surface area (Å²) in [5, 5.41) is 13.9. The zero-order valence-corrected chi connectivity index (χ0v) is 11.2. The zero-order chi connectivity index (χ0) is 15.4. The minimum absolute atomic E-state index is 0.0436. The maximum absolute atomic E-state index is 13.4. The van der Waals surface area contributed by atoms with E-state index in [1.807, 2.05) is 0 Å². The van der Waals surface area contributed by atoms with Gasteiger partial charge in [0.1, 0.15) is 5.82 Å². The molecule has 3 N–H and O–H groups in total. The topological polar surface area (TPSA) is 78.4 Å². The number of anilines is 2. The molecular formula is C15H13FN2O3. The van der Waals surface area contributed by atoms with Gasteiger partial charge in [-0.2, -0.15) is 0 Å². The third-order valence-corrected chi connectivity index (χ3v) is 2.93. The molecule has 0 aliphatic carbocycles. The second kappa shape index (κ2) is 6.04. The molecule has 2 aromatic carbocycles. The largest absolute Gasteiger partial charge is 0.478 e. The van der Waals surface area contributed by atoms with E-state index in [0.717, 1.165) is 0 Å². The standard InChI is InChI=1S/C15H13FN2O3/c1-9-10(14(19)20)5-4-8-12(9)17-15(21)18-13-7-3-2-6-11(13)16/h2-8H,1H3,(H,19,20)(H2,17,18,21). The van der Waals surface area contributed by atoms with Crippen molar-refractivity contribution >= 4 is 23.4 Å². The van der Waals surface area contributed by atoms with Crippen LogP contribution in [0.3, 0.4) is 0 Å². The number of para-hydroxylation sites is 1. The predicted molar refractivity (Wildman–Crippen MR) is 77.2 cm³/mol. The van der Waals surface area contributed by atoms with E-state index < -0.39 is 17.8 Å². The van der Waals surface area contributed by atoms with E-state index in [2.05, 4.69) is 10.6 Å². The highest BCUT2D eigenvalue weighted by atomic mass is 19.1. The number of benzene rings is 2. The molecular weight excluding hydrogens is 275 g/mol. The van der Waals surface area contributed by atoms with Gasteiger partial charge in [-0.3, -0.25) is 0 Å². The van der Waals surface area contributed by atoms with Gasteiger partial charge < -0.3 is 15.7 Å². The third kappa shape index (κ3) is 3.36. The van der Waals surface area contributed by atoms with Gasteiger partial charge in [0.05, 0.1) is 11.3 Å². The summed E-state index contributed by atoms with van der Waals surface area (Å²) in [6.45, 7) is 1.59. The average Bonchev–Trinajstić information content (AvgIpc) is 2.43. The van der Waals surface area contributed by atoms with Crippen molar-refractivity contribution in [2.75, 3.05) is 10.6 Å². The number of nitrogens with one attached hydrogen (secondary N) is 2. The minimum Gasteiger partial charge on any atom is -0.478 e. The Balaban J connectivity index is 2.15. The summed E-state index contributed by atoms with van der Waals surface area (Å²) in [6, 6.07) is 9.65. The first-order chi connectivity index (χ1) is 9.99. The summed E-state index contributed by atoms with van der Waals surface area (Å²) in [5.41, 5.74) is 0.915. The fourth-order valence-corrected chi connectivity index (χ4v) is 1.84. The second-order valence-electron chi connectivity index (χ2n) is 4.34. The maximum Gasteiger partial charge on any atom is 0.336 e. The number of amides is 2. The molecule has 0 heterocycles. The Labute approximate surface area is 120 Å². The Morgan fingerprint density at radius 2 is 1.62 bits per heavy atom. The fourth-order valence-electron chi connectivity index (χ4n) is 1.84. The molecule has 108 valence electrons. The van der Waals surface area contributed by atoms with E-state index in [0.29, 0.717) is 11.3 Å². The van der Waals surface area contributed by atoms with Gasteiger partial charge in [0, 0.05) is 5.69 Å². The van der Waals surface area contributed by atoms with Crippen LogP contribution in [0.25, 0.3) is 0 Å². The van der Waals surface area contributed by atoms with Gasteiger partial charge in [0.15, 0.2) is 0 Å². The lowest BCUT2D eigenvalue weighted by molar-refractivity contribution is 0.0696. The number of carbonyl (C=O) groups is 2. The normalized spacial score (nSPS) is 10.0. The van der Waals surface area contributed by atoms with Crippen LogP contribution in [0.5, 0.6) is 0 Å². The molecule has 0 aliphatic heterocycles. The van der Waals surface area contributed by atoms with Crippen LogP contribution in [0, 0.1) is 12.7 Å². The number of rotatable bonds is 3. The molecule has 6 heteroatoms. The van der Waals surface area contributed by atoms with Crippen LogP contribution in [-0.4, -0.2) is 17.1 Å². The number of aromatic carboxylic acids is 1. The van der Waals surface area contributed by atoms with Crippen molar-refractivity contribution in [2.45, 2.75) is 6.92 Å². The van der Waals surface area contributed by atoms with E-state index in [9.17, 15) is 14.0 Å². The van der Waals surface area contributed by atoms with Gasteiger partial charge in [-0.15, -0.1) is 0 Å². The minimum atomic E-state index is -1.08. The van der Waals surface area contributed by atoms with Crippen molar-refractivity contribution in [3.05, 3.63) is 59.4 Å². The van der Waals surface area contributed by atoms with Crippen molar-refractivity contribution in [1.82, 2.24) is 0 Å². The number of carboxylic acid groups (broad SMARTS) is 1. The first kappa shape index (κ1) is 14.5. The lowest BCUT2D eigenvalue weighted by atomic mass is 10.1. The molecule has 0 aliphatic rings. The Morgan fingerprint density at radius 1 is 1.00 bits per heavy atom. The predicted octanol–water partition coefficient (Wildman–Crippen LogP) is 3.48. The zero-order valence-electron chi connectivity index (χ0n) is 11.2. The van der Waals surface area contributed by atoms with Crippen LogP contribution in [0.2, 0.25) is 0 Å². The van der Waals surface area contributed by atoms with Crippen LogP contribution >= 0.6 is 0 Å². The Hall–Kier alpha value is -2.89. The number of hydrogen-bond donors (Lipinski definition) is 3. The SMILES string of the molecule is Cc1c(NC(=O)Nc2ccccc2F)cccc1C(=O)O. The van der Waals surface area contributed by atoms with Gasteiger partial charge >= 0.3 is 12.0 Å². The molecule has 0 saturated carbocycles. The highest BCUT2D eigenvalue weighted by molar-refractivity contribution is 6.01. The molecule has 0 aromatic heterocycles.